The van der Waals surface area contributed by atoms with Gasteiger partial charge in [0, 0.05) is 22.7 Å². The number of hydrogen-bond donors (Lipinski definition) is 0. The zero-order chi connectivity index (χ0) is 14.6. The molecule has 0 amide bonds. The quantitative estimate of drug-likeness (QED) is 0.458. The van der Waals surface area contributed by atoms with E-state index in [4.69, 9.17) is 15.4 Å². The Morgan fingerprint density at radius 2 is 2.11 bits per heavy atom. The maximum Gasteiger partial charge on any atom is 0.311 e. The van der Waals surface area contributed by atoms with Crippen LogP contribution in [0.3, 0.4) is 0 Å². The first-order valence-electron chi connectivity index (χ1n) is 5.50. The van der Waals surface area contributed by atoms with Gasteiger partial charge in [-0.3, -0.25) is 10.1 Å². The van der Waals surface area contributed by atoms with E-state index in [1.165, 1.54) is 6.07 Å². The Hall–Kier alpha value is -1.34. The van der Waals surface area contributed by atoms with Gasteiger partial charge in [-0.15, -0.1) is 0 Å². The SMILES string of the molecule is Cc1cccc([N+](=O)[O-])c1OCC(C)CS(=O)(=O)Cl. The van der Waals surface area contributed by atoms with E-state index in [0.29, 0.717) is 5.56 Å². The lowest BCUT2D eigenvalue weighted by Gasteiger charge is -2.13. The van der Waals surface area contributed by atoms with Gasteiger partial charge >= 0.3 is 5.69 Å². The average molecular weight is 308 g/mol. The van der Waals surface area contributed by atoms with Crippen LogP contribution in [0.4, 0.5) is 5.69 Å². The summed E-state index contributed by atoms with van der Waals surface area (Å²) in [7, 11) is 1.53. The predicted molar refractivity (Wildman–Crippen MR) is 72.1 cm³/mol. The van der Waals surface area contributed by atoms with Crippen LogP contribution >= 0.6 is 10.7 Å². The first-order chi connectivity index (χ1) is 8.70. The van der Waals surface area contributed by atoms with Crippen molar-refractivity contribution in [3.63, 3.8) is 0 Å². The molecule has 0 aliphatic carbocycles. The normalized spacial score (nSPS) is 13.0. The highest BCUT2D eigenvalue weighted by Crippen LogP contribution is 2.30. The van der Waals surface area contributed by atoms with Gasteiger partial charge in [-0.2, -0.15) is 0 Å². The third-order valence-electron chi connectivity index (χ3n) is 2.38. The topological polar surface area (TPSA) is 86.5 Å². The van der Waals surface area contributed by atoms with Crippen LogP contribution in [0.25, 0.3) is 0 Å². The number of nitrogens with zero attached hydrogens (tertiary/aromatic N) is 1. The lowest BCUT2D eigenvalue weighted by Crippen LogP contribution is -2.17. The minimum absolute atomic E-state index is 0.0393. The van der Waals surface area contributed by atoms with Crippen LogP contribution in [0.5, 0.6) is 5.75 Å². The second-order valence-corrected chi connectivity index (χ2v) is 7.12. The van der Waals surface area contributed by atoms with Crippen molar-refractivity contribution < 1.29 is 18.1 Å². The Kier molecular flexibility index (Phi) is 5.13. The van der Waals surface area contributed by atoms with Crippen molar-refractivity contribution in [3.8, 4) is 5.75 Å². The van der Waals surface area contributed by atoms with Crippen LogP contribution in [0.2, 0.25) is 0 Å². The predicted octanol–water partition coefficient (Wildman–Crippen LogP) is 2.49. The molecular weight excluding hydrogens is 294 g/mol. The number of halogens is 1. The van der Waals surface area contributed by atoms with Gasteiger partial charge in [0.15, 0.2) is 5.75 Å². The van der Waals surface area contributed by atoms with Crippen molar-refractivity contribution in [1.82, 2.24) is 0 Å². The van der Waals surface area contributed by atoms with Gasteiger partial charge in [0.1, 0.15) is 0 Å². The molecule has 0 saturated carbocycles. The van der Waals surface area contributed by atoms with Crippen molar-refractivity contribution in [3.05, 3.63) is 33.9 Å². The zero-order valence-corrected chi connectivity index (χ0v) is 12.1. The van der Waals surface area contributed by atoms with Crippen LogP contribution in [0.1, 0.15) is 12.5 Å². The lowest BCUT2D eigenvalue weighted by atomic mass is 10.2. The number of nitro groups is 1. The molecule has 0 radical (unpaired) electrons. The van der Waals surface area contributed by atoms with Gasteiger partial charge in [0.05, 0.1) is 17.3 Å². The van der Waals surface area contributed by atoms with Crippen LogP contribution in [0, 0.1) is 23.0 Å². The van der Waals surface area contributed by atoms with Crippen molar-refractivity contribution in [2.75, 3.05) is 12.4 Å². The van der Waals surface area contributed by atoms with E-state index in [1.54, 1.807) is 26.0 Å². The van der Waals surface area contributed by atoms with Gasteiger partial charge in [0.2, 0.25) is 9.05 Å². The van der Waals surface area contributed by atoms with Crippen molar-refractivity contribution >= 4 is 25.4 Å². The number of para-hydroxylation sites is 1. The van der Waals surface area contributed by atoms with E-state index >= 15 is 0 Å². The molecule has 0 bridgehead atoms. The second-order valence-electron chi connectivity index (χ2n) is 4.30. The molecule has 1 unspecified atom stereocenters. The molecule has 0 heterocycles. The molecule has 0 aliphatic heterocycles. The largest absolute Gasteiger partial charge is 0.486 e. The fraction of sp³-hybridized carbons (Fsp3) is 0.455. The number of nitro benzene ring substituents is 1. The molecule has 1 rings (SSSR count). The molecule has 1 aromatic carbocycles. The average Bonchev–Trinajstić information content (AvgIpc) is 2.24. The van der Waals surface area contributed by atoms with Crippen molar-refractivity contribution in [1.29, 1.82) is 0 Å². The van der Waals surface area contributed by atoms with E-state index in [2.05, 4.69) is 0 Å². The summed E-state index contributed by atoms with van der Waals surface area (Å²) in [6, 6.07) is 4.59. The maximum atomic E-state index is 10.9. The number of hydrogen-bond acceptors (Lipinski definition) is 5. The van der Waals surface area contributed by atoms with Gasteiger partial charge in [-0.05, 0) is 12.5 Å². The third kappa shape index (κ3) is 5.04. The third-order valence-corrected chi connectivity index (χ3v) is 3.73. The Bertz CT molecular complexity index is 572. The Balaban J connectivity index is 2.80. The van der Waals surface area contributed by atoms with Crippen molar-refractivity contribution in [2.45, 2.75) is 13.8 Å². The molecule has 0 N–H and O–H groups in total. The molecule has 0 spiro atoms. The summed E-state index contributed by atoms with van der Waals surface area (Å²) in [5.74, 6) is -0.443. The summed E-state index contributed by atoms with van der Waals surface area (Å²) in [6.45, 7) is 3.37. The van der Waals surface area contributed by atoms with E-state index in [-0.39, 0.29) is 29.7 Å². The fourth-order valence-electron chi connectivity index (χ4n) is 1.58. The van der Waals surface area contributed by atoms with E-state index < -0.39 is 14.0 Å². The fourth-order valence-corrected chi connectivity index (χ4v) is 3.00. The Morgan fingerprint density at radius 3 is 2.63 bits per heavy atom. The van der Waals surface area contributed by atoms with Gasteiger partial charge in [-0.25, -0.2) is 8.42 Å². The highest BCUT2D eigenvalue weighted by atomic mass is 35.7. The molecule has 106 valence electrons. The zero-order valence-electron chi connectivity index (χ0n) is 10.5. The van der Waals surface area contributed by atoms with Crippen molar-refractivity contribution in [2.24, 2.45) is 5.92 Å². The van der Waals surface area contributed by atoms with Gasteiger partial charge in [0.25, 0.3) is 0 Å². The molecule has 0 aliphatic rings. The molecule has 0 fully saturated rings. The lowest BCUT2D eigenvalue weighted by molar-refractivity contribution is -0.386. The minimum Gasteiger partial charge on any atom is -0.486 e. The molecule has 6 nitrogen and oxygen atoms in total. The molecule has 1 aromatic rings. The molecule has 8 heteroatoms. The first kappa shape index (κ1) is 15.7. The smallest absolute Gasteiger partial charge is 0.311 e. The van der Waals surface area contributed by atoms with Crippen LogP contribution in [0.15, 0.2) is 18.2 Å². The van der Waals surface area contributed by atoms with E-state index in [1.807, 2.05) is 0 Å². The molecule has 19 heavy (non-hydrogen) atoms. The molecule has 0 saturated heterocycles. The van der Waals surface area contributed by atoms with E-state index in [9.17, 15) is 18.5 Å². The van der Waals surface area contributed by atoms with E-state index in [0.717, 1.165) is 0 Å². The van der Waals surface area contributed by atoms with Crippen LogP contribution < -0.4 is 4.74 Å². The number of ether oxygens (including phenoxy) is 1. The summed E-state index contributed by atoms with van der Waals surface area (Å²) in [6.07, 6.45) is 0. The molecular formula is C11H14ClNO5S. The number of benzene rings is 1. The number of rotatable bonds is 6. The summed E-state index contributed by atoms with van der Waals surface area (Å²) >= 11 is 0. The minimum atomic E-state index is -3.61. The number of aryl methyl sites for hydroxylation is 1. The summed E-state index contributed by atoms with van der Waals surface area (Å²) in [4.78, 5) is 10.3. The first-order valence-corrected chi connectivity index (χ1v) is 7.97. The van der Waals surface area contributed by atoms with Gasteiger partial charge < -0.3 is 4.74 Å². The maximum absolute atomic E-state index is 10.9. The summed E-state index contributed by atoms with van der Waals surface area (Å²) in [5.41, 5.74) is 0.482. The highest BCUT2D eigenvalue weighted by molar-refractivity contribution is 8.13. The molecule has 0 aromatic heterocycles. The highest BCUT2D eigenvalue weighted by Gasteiger charge is 2.19. The van der Waals surface area contributed by atoms with Gasteiger partial charge in [-0.1, -0.05) is 19.1 Å². The van der Waals surface area contributed by atoms with Crippen LogP contribution in [-0.2, 0) is 9.05 Å². The Labute approximate surface area is 115 Å². The standard InChI is InChI=1S/C11H14ClNO5S/c1-8(7-19(12,16)17)6-18-11-9(2)4-3-5-10(11)13(14)15/h3-5,8H,6-7H2,1-2H3. The summed E-state index contributed by atoms with van der Waals surface area (Å²) < 4.78 is 27.2. The second kappa shape index (κ2) is 6.21. The molecule has 1 atom stereocenters. The Morgan fingerprint density at radius 1 is 1.47 bits per heavy atom. The van der Waals surface area contributed by atoms with Crippen LogP contribution in [-0.4, -0.2) is 25.7 Å². The monoisotopic (exact) mass is 307 g/mol. The summed E-state index contributed by atoms with van der Waals surface area (Å²) in [5, 5.41) is 10.9.